The molecule has 1 nitrogen and oxygen atoms in total. The van der Waals surface area contributed by atoms with E-state index in [1.54, 1.807) is 6.07 Å². The predicted octanol–water partition coefficient (Wildman–Crippen LogP) is 3.98. The normalized spacial score (nSPS) is 9.36. The second-order valence-electron chi connectivity index (χ2n) is 3.05. The Labute approximate surface area is 85.9 Å². The van der Waals surface area contributed by atoms with Gasteiger partial charge in [-0.2, -0.15) is 0 Å². The van der Waals surface area contributed by atoms with Crippen molar-refractivity contribution in [1.82, 2.24) is 0 Å². The van der Waals surface area contributed by atoms with E-state index < -0.39 is 0 Å². The Morgan fingerprint density at radius 3 is 2.14 bits per heavy atom. The largest absolute Gasteiger partial charge is 0.494 e. The van der Waals surface area contributed by atoms with Crippen LogP contribution < -0.4 is 4.74 Å². The zero-order valence-electron chi connectivity index (χ0n) is 9.60. The minimum atomic E-state index is -0.288. The number of hydrogen-bond acceptors (Lipinski definition) is 1. The standard InChI is InChI=1S/C10H13FO.C2H6/c1-7(2)8-4-5-10(12-3)9(11)6-8;1-2/h4-7H,1-3H3;1-2H3. The number of methoxy groups -OCH3 is 1. The highest BCUT2D eigenvalue weighted by Gasteiger charge is 2.05. The minimum Gasteiger partial charge on any atom is -0.494 e. The van der Waals surface area contributed by atoms with E-state index in [9.17, 15) is 4.39 Å². The molecule has 80 valence electrons. The SMILES string of the molecule is CC.COc1ccc(C(C)C)cc1F. The van der Waals surface area contributed by atoms with Gasteiger partial charge in [-0.25, -0.2) is 4.39 Å². The van der Waals surface area contributed by atoms with Crippen molar-refractivity contribution >= 4 is 0 Å². The van der Waals surface area contributed by atoms with E-state index in [4.69, 9.17) is 4.74 Å². The molecular formula is C12H19FO. The van der Waals surface area contributed by atoms with Crippen molar-refractivity contribution in [1.29, 1.82) is 0 Å². The molecule has 0 heterocycles. The summed E-state index contributed by atoms with van der Waals surface area (Å²) in [6.07, 6.45) is 0. The van der Waals surface area contributed by atoms with Gasteiger partial charge >= 0.3 is 0 Å². The van der Waals surface area contributed by atoms with Crippen molar-refractivity contribution in [3.8, 4) is 5.75 Å². The van der Waals surface area contributed by atoms with Crippen LogP contribution in [0.4, 0.5) is 4.39 Å². The van der Waals surface area contributed by atoms with Crippen LogP contribution >= 0.6 is 0 Å². The summed E-state index contributed by atoms with van der Waals surface area (Å²) in [5.74, 6) is 0.369. The molecule has 0 aliphatic carbocycles. The number of ether oxygens (including phenoxy) is 1. The van der Waals surface area contributed by atoms with Gasteiger partial charge in [0.05, 0.1) is 7.11 Å². The van der Waals surface area contributed by atoms with Crippen molar-refractivity contribution in [3.63, 3.8) is 0 Å². The molecule has 0 aliphatic heterocycles. The maximum absolute atomic E-state index is 13.1. The Kier molecular flexibility index (Phi) is 5.93. The molecule has 0 bridgehead atoms. The highest BCUT2D eigenvalue weighted by molar-refractivity contribution is 5.30. The summed E-state index contributed by atoms with van der Waals surface area (Å²) < 4.78 is 17.9. The lowest BCUT2D eigenvalue weighted by atomic mass is 10.0. The van der Waals surface area contributed by atoms with Crippen LogP contribution in [0.25, 0.3) is 0 Å². The number of hydrogen-bond donors (Lipinski definition) is 0. The Bertz CT molecular complexity index is 269. The van der Waals surface area contributed by atoms with E-state index in [-0.39, 0.29) is 5.82 Å². The van der Waals surface area contributed by atoms with E-state index in [0.29, 0.717) is 11.7 Å². The molecule has 1 rings (SSSR count). The van der Waals surface area contributed by atoms with Crippen LogP contribution in [0.3, 0.4) is 0 Å². The fraction of sp³-hybridized carbons (Fsp3) is 0.500. The molecule has 0 saturated heterocycles. The van der Waals surface area contributed by atoms with Crippen LogP contribution in [0.1, 0.15) is 39.2 Å². The second kappa shape index (κ2) is 6.41. The first-order valence-corrected chi connectivity index (χ1v) is 4.98. The van der Waals surface area contributed by atoms with E-state index in [1.165, 1.54) is 13.2 Å². The third-order valence-electron chi connectivity index (χ3n) is 1.84. The van der Waals surface area contributed by atoms with Gasteiger partial charge in [0.15, 0.2) is 11.6 Å². The third-order valence-corrected chi connectivity index (χ3v) is 1.84. The van der Waals surface area contributed by atoms with Crippen LogP contribution in [-0.4, -0.2) is 7.11 Å². The van der Waals surface area contributed by atoms with E-state index in [2.05, 4.69) is 0 Å². The van der Waals surface area contributed by atoms with Gasteiger partial charge in [0.2, 0.25) is 0 Å². The van der Waals surface area contributed by atoms with Crippen LogP contribution in [0.2, 0.25) is 0 Å². The molecule has 0 fully saturated rings. The molecule has 1 aromatic rings. The van der Waals surface area contributed by atoms with Gasteiger partial charge in [0, 0.05) is 0 Å². The molecule has 0 spiro atoms. The van der Waals surface area contributed by atoms with Gasteiger partial charge in [-0.1, -0.05) is 33.8 Å². The van der Waals surface area contributed by atoms with E-state index in [0.717, 1.165) is 5.56 Å². The van der Waals surface area contributed by atoms with Crippen LogP contribution in [0.5, 0.6) is 5.75 Å². The summed E-state index contributed by atoms with van der Waals surface area (Å²) in [7, 11) is 1.47. The van der Waals surface area contributed by atoms with Crippen LogP contribution in [0, 0.1) is 5.82 Å². The summed E-state index contributed by atoms with van der Waals surface area (Å²) in [6, 6.07) is 5.06. The quantitative estimate of drug-likeness (QED) is 0.698. The maximum atomic E-state index is 13.1. The first kappa shape index (κ1) is 12.9. The molecule has 0 aliphatic rings. The maximum Gasteiger partial charge on any atom is 0.165 e. The lowest BCUT2D eigenvalue weighted by molar-refractivity contribution is 0.386. The second-order valence-corrected chi connectivity index (χ2v) is 3.05. The van der Waals surface area contributed by atoms with Crippen molar-refractivity contribution in [3.05, 3.63) is 29.6 Å². The average molecular weight is 198 g/mol. The number of rotatable bonds is 2. The van der Waals surface area contributed by atoms with Gasteiger partial charge in [0.1, 0.15) is 0 Å². The summed E-state index contributed by atoms with van der Waals surface area (Å²) in [6.45, 7) is 8.06. The van der Waals surface area contributed by atoms with Crippen molar-refractivity contribution in [2.45, 2.75) is 33.6 Å². The van der Waals surface area contributed by atoms with E-state index in [1.807, 2.05) is 33.8 Å². The monoisotopic (exact) mass is 198 g/mol. The molecule has 2 heteroatoms. The fourth-order valence-electron chi connectivity index (χ4n) is 1.04. The predicted molar refractivity (Wildman–Crippen MR) is 58.4 cm³/mol. The summed E-state index contributed by atoms with van der Waals surface area (Å²) in [4.78, 5) is 0. The zero-order chi connectivity index (χ0) is 11.1. The highest BCUT2D eigenvalue weighted by Crippen LogP contribution is 2.22. The first-order valence-electron chi connectivity index (χ1n) is 4.98. The minimum absolute atomic E-state index is 0.288. The van der Waals surface area contributed by atoms with Crippen LogP contribution in [-0.2, 0) is 0 Å². The highest BCUT2D eigenvalue weighted by atomic mass is 19.1. The van der Waals surface area contributed by atoms with Crippen molar-refractivity contribution in [2.24, 2.45) is 0 Å². The molecule has 1 aromatic carbocycles. The fourth-order valence-corrected chi connectivity index (χ4v) is 1.04. The van der Waals surface area contributed by atoms with Gasteiger partial charge in [-0.3, -0.25) is 0 Å². The summed E-state index contributed by atoms with van der Waals surface area (Å²) in [5, 5.41) is 0. The van der Waals surface area contributed by atoms with Gasteiger partial charge in [-0.05, 0) is 23.6 Å². The van der Waals surface area contributed by atoms with Crippen LogP contribution in [0.15, 0.2) is 18.2 Å². The lowest BCUT2D eigenvalue weighted by Gasteiger charge is -2.07. The van der Waals surface area contributed by atoms with Gasteiger partial charge in [-0.15, -0.1) is 0 Å². The van der Waals surface area contributed by atoms with Gasteiger partial charge in [0.25, 0.3) is 0 Å². The molecule has 0 atom stereocenters. The average Bonchev–Trinajstić information content (AvgIpc) is 2.20. The molecule has 0 saturated carbocycles. The molecule has 0 N–H and O–H groups in total. The molecular weight excluding hydrogens is 179 g/mol. The lowest BCUT2D eigenvalue weighted by Crippen LogP contribution is -1.92. The molecule has 0 amide bonds. The summed E-state index contributed by atoms with van der Waals surface area (Å²) >= 11 is 0. The van der Waals surface area contributed by atoms with Crippen molar-refractivity contribution in [2.75, 3.05) is 7.11 Å². The smallest absolute Gasteiger partial charge is 0.165 e. The Morgan fingerprint density at radius 2 is 1.79 bits per heavy atom. The molecule has 14 heavy (non-hydrogen) atoms. The Morgan fingerprint density at radius 1 is 1.21 bits per heavy atom. The zero-order valence-corrected chi connectivity index (χ0v) is 9.60. The Hall–Kier alpha value is -1.05. The first-order chi connectivity index (χ1) is 6.65. The molecule has 0 aromatic heterocycles. The molecule has 0 radical (unpaired) electrons. The molecule has 0 unspecified atom stereocenters. The summed E-state index contributed by atoms with van der Waals surface area (Å²) in [5.41, 5.74) is 0.994. The Balaban J connectivity index is 0.000000791. The van der Waals surface area contributed by atoms with Gasteiger partial charge < -0.3 is 4.74 Å². The number of halogens is 1. The number of benzene rings is 1. The third kappa shape index (κ3) is 3.36. The van der Waals surface area contributed by atoms with Crippen molar-refractivity contribution < 1.29 is 9.13 Å². The topological polar surface area (TPSA) is 9.23 Å². The van der Waals surface area contributed by atoms with E-state index >= 15 is 0 Å².